The van der Waals surface area contributed by atoms with Crippen LogP contribution in [0, 0.1) is 13.8 Å². The first-order chi connectivity index (χ1) is 17.2. The van der Waals surface area contributed by atoms with Crippen LogP contribution in [0.1, 0.15) is 56.0 Å². The van der Waals surface area contributed by atoms with E-state index in [9.17, 15) is 35.9 Å². The molecule has 1 aromatic heterocycles. The van der Waals surface area contributed by atoms with E-state index in [2.05, 4.69) is 20.5 Å². The number of likely N-dealkylation sites (N-methyl/N-ethyl adjacent to an activating group) is 1. The van der Waals surface area contributed by atoms with Crippen LogP contribution >= 0.6 is 0 Å². The van der Waals surface area contributed by atoms with E-state index in [-0.39, 0.29) is 23.1 Å². The summed E-state index contributed by atoms with van der Waals surface area (Å²) in [7, 11) is 1.21. The number of hydrogen-bond acceptors (Lipinski definition) is 5. The van der Waals surface area contributed by atoms with Crippen LogP contribution in [0.15, 0.2) is 42.5 Å². The molecule has 0 spiro atoms. The number of aromatic nitrogens is 3. The van der Waals surface area contributed by atoms with E-state index >= 15 is 0 Å². The number of halogens is 6. The monoisotopic (exact) mass is 523 g/mol. The first kappa shape index (κ1) is 26.0. The topological polar surface area (TPSA) is 88.1 Å². The molecule has 2 amide bonds. The van der Waals surface area contributed by atoms with Gasteiger partial charge in [0.15, 0.2) is 0 Å². The van der Waals surface area contributed by atoms with Crippen molar-refractivity contribution in [2.75, 3.05) is 12.4 Å². The summed E-state index contributed by atoms with van der Waals surface area (Å²) < 4.78 is 81.5. The number of rotatable bonds is 3. The molecule has 194 valence electrons. The van der Waals surface area contributed by atoms with Crippen LogP contribution < -0.4 is 5.32 Å². The summed E-state index contributed by atoms with van der Waals surface area (Å²) in [4.78, 5) is 31.7. The molecule has 0 fully saturated rings. The molecule has 2 aromatic carbocycles. The van der Waals surface area contributed by atoms with Crippen LogP contribution in [0.25, 0.3) is 0 Å². The zero-order valence-corrected chi connectivity index (χ0v) is 19.6. The molecule has 1 aliphatic rings. The molecule has 1 N–H and O–H groups in total. The van der Waals surface area contributed by atoms with Crippen LogP contribution in [-0.2, 0) is 17.1 Å². The second-order valence-electron chi connectivity index (χ2n) is 8.56. The Morgan fingerprint density at radius 2 is 1.51 bits per heavy atom. The van der Waals surface area contributed by atoms with Crippen LogP contribution in [0.3, 0.4) is 0 Å². The molecule has 7 nitrogen and oxygen atoms in total. The van der Waals surface area contributed by atoms with Gasteiger partial charge in [-0.15, -0.1) is 5.10 Å². The summed E-state index contributed by atoms with van der Waals surface area (Å²) in [5.74, 6) is -3.11. The van der Waals surface area contributed by atoms with E-state index in [1.165, 1.54) is 31.3 Å². The fourth-order valence-corrected chi connectivity index (χ4v) is 4.22. The number of nitrogens with zero attached hydrogens (tertiary/aromatic N) is 4. The largest absolute Gasteiger partial charge is 0.416 e. The lowest BCUT2D eigenvalue weighted by molar-refractivity contribution is -0.143. The van der Waals surface area contributed by atoms with Crippen molar-refractivity contribution in [3.8, 4) is 0 Å². The standard InChI is InChI=1S/C24H19F6N5O2/c1-11-12(2)33-34-22(31-11)32-20(36)18-16-6-4-5-7-17(16)21(37)35(3)19(18)13-8-14(23(25,26)27)10-15(9-13)24(28,29)30/h4-10,18-19H,1-3H3,(H,31,32,34,36)/t18-,19+/m1/s1. The van der Waals surface area contributed by atoms with E-state index in [4.69, 9.17) is 0 Å². The molecule has 2 atom stereocenters. The minimum Gasteiger partial charge on any atom is -0.334 e. The molecule has 0 unspecified atom stereocenters. The van der Waals surface area contributed by atoms with Crippen molar-refractivity contribution in [1.29, 1.82) is 0 Å². The highest BCUT2D eigenvalue weighted by Gasteiger charge is 2.45. The van der Waals surface area contributed by atoms with Gasteiger partial charge in [-0.25, -0.2) is 4.98 Å². The summed E-state index contributed by atoms with van der Waals surface area (Å²) in [5, 5.41) is 10.1. The predicted molar refractivity (Wildman–Crippen MR) is 118 cm³/mol. The first-order valence-electron chi connectivity index (χ1n) is 10.8. The third-order valence-electron chi connectivity index (χ3n) is 6.14. The van der Waals surface area contributed by atoms with Crippen molar-refractivity contribution in [2.45, 2.75) is 38.2 Å². The van der Waals surface area contributed by atoms with E-state index in [0.29, 0.717) is 23.5 Å². The van der Waals surface area contributed by atoms with E-state index < -0.39 is 52.8 Å². The fraction of sp³-hybridized carbons (Fsp3) is 0.292. The van der Waals surface area contributed by atoms with Crippen molar-refractivity contribution in [3.05, 3.63) is 81.7 Å². The van der Waals surface area contributed by atoms with Crippen molar-refractivity contribution < 1.29 is 35.9 Å². The summed E-state index contributed by atoms with van der Waals surface area (Å²) >= 11 is 0. The lowest BCUT2D eigenvalue weighted by Gasteiger charge is -2.40. The number of fused-ring (bicyclic) bond motifs is 1. The second kappa shape index (κ2) is 9.12. The molecule has 0 saturated carbocycles. The van der Waals surface area contributed by atoms with Gasteiger partial charge in [-0.3, -0.25) is 14.9 Å². The highest BCUT2D eigenvalue weighted by molar-refractivity contribution is 6.03. The zero-order valence-electron chi connectivity index (χ0n) is 19.6. The molecule has 0 bridgehead atoms. The Kier molecular flexibility index (Phi) is 6.42. The quantitative estimate of drug-likeness (QED) is 0.484. The summed E-state index contributed by atoms with van der Waals surface area (Å²) in [6.45, 7) is 3.26. The average molecular weight is 523 g/mol. The number of alkyl halides is 6. The predicted octanol–water partition coefficient (Wildman–Crippen LogP) is 5.08. The number of benzene rings is 2. The molecule has 37 heavy (non-hydrogen) atoms. The summed E-state index contributed by atoms with van der Waals surface area (Å²) in [6, 6.07) is 5.41. The molecule has 4 rings (SSSR count). The van der Waals surface area contributed by atoms with Crippen LogP contribution in [-0.4, -0.2) is 38.9 Å². The Bertz CT molecular complexity index is 1360. The SMILES string of the molecule is Cc1nnc(NC(=O)[C@@H]2c3ccccc3C(=O)N(C)[C@H]2c2cc(C(F)(F)F)cc(C(F)(F)F)c2)nc1C. The second-order valence-corrected chi connectivity index (χ2v) is 8.56. The number of hydrogen-bond donors (Lipinski definition) is 1. The van der Waals surface area contributed by atoms with Crippen LogP contribution in [0.5, 0.6) is 0 Å². The molecular formula is C24H19F6N5O2. The molecule has 0 radical (unpaired) electrons. The lowest BCUT2D eigenvalue weighted by Crippen LogP contribution is -2.44. The number of nitrogens with one attached hydrogen (secondary N) is 1. The third kappa shape index (κ3) is 4.98. The van der Waals surface area contributed by atoms with Crippen LogP contribution in [0.4, 0.5) is 32.3 Å². The van der Waals surface area contributed by atoms with Gasteiger partial charge in [0.1, 0.15) is 0 Å². The van der Waals surface area contributed by atoms with Gasteiger partial charge >= 0.3 is 12.4 Å². The average Bonchev–Trinajstić information content (AvgIpc) is 2.82. The Morgan fingerprint density at radius 3 is 2.08 bits per heavy atom. The number of carbonyl (C=O) groups excluding carboxylic acids is 2. The minimum absolute atomic E-state index is 0.00817. The maximum Gasteiger partial charge on any atom is 0.416 e. The number of carbonyl (C=O) groups is 2. The van der Waals surface area contributed by atoms with Crippen molar-refractivity contribution in [3.63, 3.8) is 0 Å². The van der Waals surface area contributed by atoms with Crippen LogP contribution in [0.2, 0.25) is 0 Å². The molecule has 0 saturated heterocycles. The molecule has 1 aliphatic heterocycles. The smallest absolute Gasteiger partial charge is 0.334 e. The van der Waals surface area contributed by atoms with Gasteiger partial charge in [-0.1, -0.05) is 18.2 Å². The van der Waals surface area contributed by atoms with Gasteiger partial charge in [-0.05, 0) is 49.2 Å². The van der Waals surface area contributed by atoms with Gasteiger partial charge < -0.3 is 4.90 Å². The zero-order chi connectivity index (χ0) is 27.3. The molecule has 3 aromatic rings. The Morgan fingerprint density at radius 1 is 0.919 bits per heavy atom. The van der Waals surface area contributed by atoms with Gasteiger partial charge in [0, 0.05) is 12.6 Å². The molecule has 13 heteroatoms. The van der Waals surface area contributed by atoms with E-state index in [1.807, 2.05) is 0 Å². The van der Waals surface area contributed by atoms with E-state index in [0.717, 1.165) is 4.90 Å². The molecular weight excluding hydrogens is 504 g/mol. The maximum absolute atomic E-state index is 13.6. The Balaban J connectivity index is 1.90. The summed E-state index contributed by atoms with van der Waals surface area (Å²) in [5.41, 5.74) is -2.46. The summed E-state index contributed by atoms with van der Waals surface area (Å²) in [6.07, 6.45) is -10.2. The van der Waals surface area contributed by atoms with E-state index in [1.54, 1.807) is 13.8 Å². The van der Waals surface area contributed by atoms with Crippen molar-refractivity contribution >= 4 is 17.8 Å². The maximum atomic E-state index is 13.6. The van der Waals surface area contributed by atoms with Gasteiger partial charge in [0.25, 0.3) is 5.91 Å². The van der Waals surface area contributed by atoms with Gasteiger partial charge in [0.2, 0.25) is 11.9 Å². The van der Waals surface area contributed by atoms with Crippen molar-refractivity contribution in [1.82, 2.24) is 20.1 Å². The third-order valence-corrected chi connectivity index (χ3v) is 6.14. The molecule has 2 heterocycles. The van der Waals surface area contributed by atoms with Crippen molar-refractivity contribution in [2.24, 2.45) is 0 Å². The fourth-order valence-electron chi connectivity index (χ4n) is 4.22. The Labute approximate surface area is 206 Å². The normalized spacial score (nSPS) is 18.0. The first-order valence-corrected chi connectivity index (χ1v) is 10.8. The van der Waals surface area contributed by atoms with Gasteiger partial charge in [-0.2, -0.15) is 31.4 Å². The number of anilines is 1. The highest BCUT2D eigenvalue weighted by atomic mass is 19.4. The Hall–Kier alpha value is -4.03. The lowest BCUT2D eigenvalue weighted by atomic mass is 9.78. The number of aryl methyl sites for hydroxylation is 2. The van der Waals surface area contributed by atoms with Gasteiger partial charge in [0.05, 0.1) is 34.5 Å². The minimum atomic E-state index is -5.11. The number of amides is 2. The molecule has 0 aliphatic carbocycles. The highest BCUT2D eigenvalue weighted by Crippen LogP contribution is 2.45.